The summed E-state index contributed by atoms with van der Waals surface area (Å²) in [6.07, 6.45) is 0.654. The minimum Gasteiger partial charge on any atom is -0.393 e. The highest BCUT2D eigenvalue weighted by atomic mass is 32.1. The summed E-state index contributed by atoms with van der Waals surface area (Å²) in [6, 6.07) is 4.53. The molecule has 0 aromatic heterocycles. The average Bonchev–Trinajstić information content (AvgIpc) is 2.20. The summed E-state index contributed by atoms with van der Waals surface area (Å²) < 4.78 is 0. The van der Waals surface area contributed by atoms with Crippen molar-refractivity contribution < 1.29 is 4.92 Å². The molecule has 1 rings (SSSR count). The van der Waals surface area contributed by atoms with Gasteiger partial charge in [-0.1, -0.05) is 11.8 Å². The lowest BCUT2D eigenvalue weighted by Gasteiger charge is -1.96. The molecule has 1 aromatic carbocycles. The molecule has 0 bridgehead atoms. The van der Waals surface area contributed by atoms with Gasteiger partial charge in [-0.3, -0.25) is 10.1 Å². The van der Waals surface area contributed by atoms with Crippen LogP contribution in [0.5, 0.6) is 0 Å². The molecule has 15 heavy (non-hydrogen) atoms. The maximum absolute atomic E-state index is 10.6. The molecular weight excluding hydrogens is 212 g/mol. The zero-order valence-electron chi connectivity index (χ0n) is 7.93. The number of anilines is 1. The van der Waals surface area contributed by atoms with Gasteiger partial charge in [-0.15, -0.1) is 0 Å². The minimum absolute atomic E-state index is 0.104. The van der Waals surface area contributed by atoms with Crippen LogP contribution in [-0.4, -0.2) is 10.7 Å². The molecule has 0 aliphatic heterocycles. The molecule has 0 radical (unpaired) electrons. The highest BCUT2D eigenvalue weighted by Crippen LogP contribution is 2.21. The lowest BCUT2D eigenvalue weighted by atomic mass is 10.2. The zero-order chi connectivity index (χ0) is 11.3. The van der Waals surface area contributed by atoms with Crippen LogP contribution < -0.4 is 5.73 Å². The molecule has 2 N–H and O–H groups in total. The van der Waals surface area contributed by atoms with Crippen LogP contribution in [0, 0.1) is 22.0 Å². The predicted octanol–water partition coefficient (Wildman–Crippen LogP) is 1.85. The Morgan fingerprint density at radius 1 is 1.53 bits per heavy atom. The van der Waals surface area contributed by atoms with Crippen molar-refractivity contribution in [2.45, 2.75) is 6.42 Å². The summed E-state index contributed by atoms with van der Waals surface area (Å²) in [7, 11) is 0. The Morgan fingerprint density at radius 2 is 2.27 bits per heavy atom. The van der Waals surface area contributed by atoms with Crippen molar-refractivity contribution in [3.63, 3.8) is 0 Å². The Kier molecular flexibility index (Phi) is 4.01. The molecule has 0 heterocycles. The summed E-state index contributed by atoms with van der Waals surface area (Å²) in [5.41, 5.74) is 6.09. The van der Waals surface area contributed by atoms with Gasteiger partial charge in [-0.2, -0.15) is 12.6 Å². The first-order chi connectivity index (χ1) is 7.15. The second-order valence-corrected chi connectivity index (χ2v) is 3.25. The van der Waals surface area contributed by atoms with E-state index in [0.29, 0.717) is 17.7 Å². The summed E-state index contributed by atoms with van der Waals surface area (Å²) in [5.74, 6) is 6.33. The van der Waals surface area contributed by atoms with E-state index < -0.39 is 4.92 Å². The molecule has 0 spiro atoms. The fraction of sp³-hybridized carbons (Fsp3) is 0.200. The maximum Gasteiger partial charge on any atom is 0.293 e. The highest BCUT2D eigenvalue weighted by Gasteiger charge is 2.10. The van der Waals surface area contributed by atoms with E-state index in [1.165, 1.54) is 12.1 Å². The number of hydrogen-bond donors (Lipinski definition) is 2. The summed E-state index contributed by atoms with van der Waals surface area (Å²) in [5, 5.41) is 10.6. The van der Waals surface area contributed by atoms with Crippen LogP contribution in [0.4, 0.5) is 11.4 Å². The predicted molar refractivity (Wildman–Crippen MR) is 62.9 cm³/mol. The average molecular weight is 222 g/mol. The van der Waals surface area contributed by atoms with Crippen molar-refractivity contribution in [1.82, 2.24) is 0 Å². The van der Waals surface area contributed by atoms with E-state index in [-0.39, 0.29) is 11.4 Å². The van der Waals surface area contributed by atoms with Crippen LogP contribution in [-0.2, 0) is 0 Å². The summed E-state index contributed by atoms with van der Waals surface area (Å²) >= 11 is 4.01. The lowest BCUT2D eigenvalue weighted by Crippen LogP contribution is -1.95. The van der Waals surface area contributed by atoms with Gasteiger partial charge < -0.3 is 5.73 Å². The molecule has 5 heteroatoms. The second kappa shape index (κ2) is 5.27. The number of rotatable bonds is 2. The summed E-state index contributed by atoms with van der Waals surface area (Å²) in [4.78, 5) is 10.1. The number of nitro benzene ring substituents is 1. The quantitative estimate of drug-likeness (QED) is 0.264. The van der Waals surface area contributed by atoms with Gasteiger partial charge in [0.1, 0.15) is 5.69 Å². The monoisotopic (exact) mass is 222 g/mol. The maximum atomic E-state index is 10.6. The molecule has 4 nitrogen and oxygen atoms in total. The molecule has 78 valence electrons. The molecule has 1 aromatic rings. The van der Waals surface area contributed by atoms with Crippen LogP contribution >= 0.6 is 12.6 Å². The molecule has 0 amide bonds. The number of benzene rings is 1. The Morgan fingerprint density at radius 3 is 2.87 bits per heavy atom. The van der Waals surface area contributed by atoms with Crippen LogP contribution in [0.1, 0.15) is 12.0 Å². The lowest BCUT2D eigenvalue weighted by molar-refractivity contribution is -0.383. The standard InChI is InChI=1S/C10H10N2O2S/c11-9-5-4-8(3-1-2-6-15)7-10(9)12(13)14/h4-5,7,15H,2,6,11H2. The number of nitro groups is 1. The third-order valence-electron chi connectivity index (χ3n) is 1.70. The second-order valence-electron chi connectivity index (χ2n) is 2.81. The highest BCUT2D eigenvalue weighted by molar-refractivity contribution is 7.80. The normalized spacial score (nSPS) is 9.13. The van der Waals surface area contributed by atoms with Gasteiger partial charge in [0, 0.05) is 23.8 Å². The summed E-state index contributed by atoms with van der Waals surface area (Å²) in [6.45, 7) is 0. The first-order valence-electron chi connectivity index (χ1n) is 4.29. The van der Waals surface area contributed by atoms with Gasteiger partial charge in [0.25, 0.3) is 5.69 Å². The third-order valence-corrected chi connectivity index (χ3v) is 1.92. The van der Waals surface area contributed by atoms with E-state index in [1.807, 2.05) is 0 Å². The first-order valence-corrected chi connectivity index (χ1v) is 4.92. The van der Waals surface area contributed by atoms with Gasteiger partial charge in [0.15, 0.2) is 0 Å². The molecule has 0 saturated heterocycles. The molecule has 0 fully saturated rings. The van der Waals surface area contributed by atoms with Crippen LogP contribution in [0.2, 0.25) is 0 Å². The van der Waals surface area contributed by atoms with Gasteiger partial charge in [0.2, 0.25) is 0 Å². The molecule has 0 aliphatic rings. The smallest absolute Gasteiger partial charge is 0.293 e. The minimum atomic E-state index is -0.515. The number of nitrogens with zero attached hydrogens (tertiary/aromatic N) is 1. The van der Waals surface area contributed by atoms with Crippen LogP contribution in [0.15, 0.2) is 18.2 Å². The number of thiol groups is 1. The van der Waals surface area contributed by atoms with Crippen molar-refractivity contribution >= 4 is 24.0 Å². The number of nitrogen functional groups attached to an aromatic ring is 1. The van der Waals surface area contributed by atoms with E-state index in [9.17, 15) is 10.1 Å². The third kappa shape index (κ3) is 3.18. The fourth-order valence-corrected chi connectivity index (χ4v) is 1.11. The SMILES string of the molecule is Nc1ccc(C#CCCS)cc1[N+](=O)[O-]. The molecule has 0 aliphatic carbocycles. The van der Waals surface area contributed by atoms with E-state index >= 15 is 0 Å². The van der Waals surface area contributed by atoms with Crippen molar-refractivity contribution in [3.05, 3.63) is 33.9 Å². The molecule has 0 saturated carbocycles. The fourth-order valence-electron chi connectivity index (χ4n) is 1.00. The van der Waals surface area contributed by atoms with Gasteiger partial charge in [-0.25, -0.2) is 0 Å². The van der Waals surface area contributed by atoms with E-state index in [2.05, 4.69) is 24.5 Å². The van der Waals surface area contributed by atoms with Crippen molar-refractivity contribution in [1.29, 1.82) is 0 Å². The van der Waals surface area contributed by atoms with E-state index in [0.717, 1.165) is 0 Å². The Bertz CT molecular complexity index is 435. The number of nitrogens with two attached hydrogens (primary N) is 1. The topological polar surface area (TPSA) is 69.2 Å². The Hall–Kier alpha value is -1.67. The zero-order valence-corrected chi connectivity index (χ0v) is 8.83. The van der Waals surface area contributed by atoms with Crippen LogP contribution in [0.25, 0.3) is 0 Å². The van der Waals surface area contributed by atoms with Gasteiger partial charge in [-0.05, 0) is 12.1 Å². The van der Waals surface area contributed by atoms with Gasteiger partial charge in [0.05, 0.1) is 4.92 Å². The van der Waals surface area contributed by atoms with E-state index in [1.54, 1.807) is 6.07 Å². The molecule has 0 atom stereocenters. The molecular formula is C10H10N2O2S. The Balaban J connectivity index is 2.99. The molecule has 0 unspecified atom stereocenters. The van der Waals surface area contributed by atoms with Gasteiger partial charge >= 0.3 is 0 Å². The van der Waals surface area contributed by atoms with Crippen molar-refractivity contribution in [3.8, 4) is 11.8 Å². The Labute approximate surface area is 93.0 Å². The first kappa shape index (κ1) is 11.4. The van der Waals surface area contributed by atoms with Crippen molar-refractivity contribution in [2.24, 2.45) is 0 Å². The van der Waals surface area contributed by atoms with Crippen molar-refractivity contribution in [2.75, 3.05) is 11.5 Å². The van der Waals surface area contributed by atoms with E-state index in [4.69, 9.17) is 5.73 Å². The number of hydrogen-bond acceptors (Lipinski definition) is 4. The van der Waals surface area contributed by atoms with Crippen LogP contribution in [0.3, 0.4) is 0 Å². The largest absolute Gasteiger partial charge is 0.393 e.